The highest BCUT2D eigenvalue weighted by molar-refractivity contribution is 6.09. The average Bonchev–Trinajstić information content (AvgIpc) is 3.13. The van der Waals surface area contributed by atoms with Gasteiger partial charge in [0.25, 0.3) is 0 Å². The van der Waals surface area contributed by atoms with Gasteiger partial charge in [-0.25, -0.2) is 0 Å². The standard InChI is InChI=1S/C27H34N2O2.ClH/c1-21(23-12-9-13-24(20-23)26(30)22-10-5-4-6-11-22)27(31)29-18-16-28(17-19-29)25-14-7-2-3-8-15-25;/h4-6,9-13,20-21,25H,2-3,7-8,14-19H2,1H3;1H. The number of halogens is 1. The third kappa shape index (κ3) is 5.79. The van der Waals surface area contributed by atoms with Crippen LogP contribution >= 0.6 is 12.4 Å². The van der Waals surface area contributed by atoms with Crippen molar-refractivity contribution < 1.29 is 9.59 Å². The van der Waals surface area contributed by atoms with Crippen LogP contribution in [-0.4, -0.2) is 53.7 Å². The lowest BCUT2D eigenvalue weighted by atomic mass is 9.94. The normalized spacial score (nSPS) is 19.0. The SMILES string of the molecule is CC(C(=O)N1CCN(C2CCCCCC2)CC1)c1cccc(C(=O)c2ccccc2)c1.Cl. The Labute approximate surface area is 198 Å². The number of rotatable bonds is 5. The highest BCUT2D eigenvalue weighted by Crippen LogP contribution is 2.25. The second-order valence-corrected chi connectivity index (χ2v) is 9.05. The molecule has 4 rings (SSSR count). The molecule has 0 N–H and O–H groups in total. The van der Waals surface area contributed by atoms with E-state index >= 15 is 0 Å². The Hall–Kier alpha value is -2.17. The summed E-state index contributed by atoms with van der Waals surface area (Å²) in [6.07, 6.45) is 8.06. The van der Waals surface area contributed by atoms with Crippen molar-refractivity contribution in [2.24, 2.45) is 0 Å². The van der Waals surface area contributed by atoms with Gasteiger partial charge >= 0.3 is 0 Å². The molecule has 2 aromatic carbocycles. The molecule has 2 fully saturated rings. The van der Waals surface area contributed by atoms with E-state index in [1.165, 1.54) is 38.5 Å². The van der Waals surface area contributed by atoms with E-state index in [0.29, 0.717) is 17.2 Å². The number of ketones is 1. The van der Waals surface area contributed by atoms with Crippen LogP contribution in [0.25, 0.3) is 0 Å². The summed E-state index contributed by atoms with van der Waals surface area (Å²) in [7, 11) is 0. The zero-order valence-electron chi connectivity index (χ0n) is 19.0. The molecule has 1 aliphatic heterocycles. The van der Waals surface area contributed by atoms with Gasteiger partial charge in [0, 0.05) is 43.3 Å². The predicted molar refractivity (Wildman–Crippen MR) is 132 cm³/mol. The van der Waals surface area contributed by atoms with Crippen LogP contribution in [0, 0.1) is 0 Å². The van der Waals surface area contributed by atoms with Gasteiger partial charge in [-0.05, 0) is 31.4 Å². The molecule has 1 heterocycles. The van der Waals surface area contributed by atoms with Gasteiger partial charge in [0.1, 0.15) is 0 Å². The summed E-state index contributed by atoms with van der Waals surface area (Å²) in [5.41, 5.74) is 2.23. The third-order valence-corrected chi connectivity index (χ3v) is 7.02. The van der Waals surface area contributed by atoms with Gasteiger partial charge in [0.2, 0.25) is 5.91 Å². The number of benzene rings is 2. The van der Waals surface area contributed by atoms with Crippen LogP contribution in [0.3, 0.4) is 0 Å². The maximum absolute atomic E-state index is 13.2. The van der Waals surface area contributed by atoms with Gasteiger partial charge in [0.15, 0.2) is 5.78 Å². The van der Waals surface area contributed by atoms with Crippen LogP contribution in [0.4, 0.5) is 0 Å². The molecule has 1 atom stereocenters. The molecule has 0 aromatic heterocycles. The Morgan fingerprint density at radius 3 is 2.09 bits per heavy atom. The van der Waals surface area contributed by atoms with Crippen LogP contribution in [0.1, 0.15) is 72.9 Å². The Morgan fingerprint density at radius 2 is 1.44 bits per heavy atom. The van der Waals surface area contributed by atoms with Crippen molar-refractivity contribution in [2.45, 2.75) is 57.4 Å². The zero-order chi connectivity index (χ0) is 21.6. The molecular weight excluding hydrogens is 420 g/mol. The fourth-order valence-electron chi connectivity index (χ4n) is 5.05. The number of hydrogen-bond donors (Lipinski definition) is 0. The van der Waals surface area contributed by atoms with Crippen molar-refractivity contribution in [3.63, 3.8) is 0 Å². The van der Waals surface area contributed by atoms with E-state index in [0.717, 1.165) is 31.7 Å². The van der Waals surface area contributed by atoms with Crippen molar-refractivity contribution in [1.29, 1.82) is 0 Å². The Kier molecular flexibility index (Phi) is 8.89. The molecule has 1 unspecified atom stereocenters. The van der Waals surface area contributed by atoms with Crippen molar-refractivity contribution in [3.05, 3.63) is 71.3 Å². The van der Waals surface area contributed by atoms with Gasteiger partial charge in [-0.2, -0.15) is 0 Å². The largest absolute Gasteiger partial charge is 0.340 e. The lowest BCUT2D eigenvalue weighted by molar-refractivity contribution is -0.134. The maximum Gasteiger partial charge on any atom is 0.229 e. The molecule has 0 radical (unpaired) electrons. The summed E-state index contributed by atoms with van der Waals surface area (Å²) < 4.78 is 0. The first kappa shape index (κ1) is 24.5. The minimum Gasteiger partial charge on any atom is -0.340 e. The molecular formula is C27H35ClN2O2. The predicted octanol–water partition coefficient (Wildman–Crippen LogP) is 5.31. The number of hydrogen-bond acceptors (Lipinski definition) is 3. The maximum atomic E-state index is 13.2. The number of carbonyl (C=O) groups is 2. The van der Waals surface area contributed by atoms with Crippen LogP contribution in [-0.2, 0) is 4.79 Å². The summed E-state index contributed by atoms with van der Waals surface area (Å²) in [6.45, 7) is 5.54. The fraction of sp³-hybridized carbons (Fsp3) is 0.481. The highest BCUT2D eigenvalue weighted by Gasteiger charge is 2.29. The molecule has 32 heavy (non-hydrogen) atoms. The van der Waals surface area contributed by atoms with Crippen LogP contribution in [0.15, 0.2) is 54.6 Å². The van der Waals surface area contributed by atoms with Gasteiger partial charge < -0.3 is 4.90 Å². The van der Waals surface area contributed by atoms with Gasteiger partial charge in [-0.1, -0.05) is 74.2 Å². The first-order valence-electron chi connectivity index (χ1n) is 11.9. The lowest BCUT2D eigenvalue weighted by Crippen LogP contribution is -2.52. The molecule has 0 spiro atoms. The Morgan fingerprint density at radius 1 is 0.812 bits per heavy atom. The molecule has 2 aromatic rings. The third-order valence-electron chi connectivity index (χ3n) is 7.02. The van der Waals surface area contributed by atoms with E-state index in [2.05, 4.69) is 4.90 Å². The minimum atomic E-state index is -0.243. The first-order chi connectivity index (χ1) is 15.1. The van der Waals surface area contributed by atoms with Crippen molar-refractivity contribution in [1.82, 2.24) is 9.80 Å². The summed E-state index contributed by atoms with van der Waals surface area (Å²) in [4.78, 5) is 30.6. The molecule has 1 aliphatic carbocycles. The van der Waals surface area contributed by atoms with E-state index in [1.807, 2.05) is 66.4 Å². The van der Waals surface area contributed by atoms with Gasteiger partial charge in [-0.15, -0.1) is 12.4 Å². The summed E-state index contributed by atoms with van der Waals surface area (Å²) in [5, 5.41) is 0. The Bertz CT molecular complexity index is 886. The fourth-order valence-corrected chi connectivity index (χ4v) is 5.05. The summed E-state index contributed by atoms with van der Waals surface area (Å²) >= 11 is 0. The number of carbonyl (C=O) groups excluding carboxylic acids is 2. The van der Waals surface area contributed by atoms with Gasteiger partial charge in [-0.3, -0.25) is 14.5 Å². The smallest absolute Gasteiger partial charge is 0.229 e. The van der Waals surface area contributed by atoms with E-state index in [1.54, 1.807) is 0 Å². The number of nitrogens with zero attached hydrogens (tertiary/aromatic N) is 2. The molecule has 1 amide bonds. The van der Waals surface area contributed by atoms with Crippen molar-refractivity contribution in [2.75, 3.05) is 26.2 Å². The second-order valence-electron chi connectivity index (χ2n) is 9.05. The average molecular weight is 455 g/mol. The number of amides is 1. The van der Waals surface area contributed by atoms with Crippen molar-refractivity contribution in [3.8, 4) is 0 Å². The first-order valence-corrected chi connectivity index (χ1v) is 11.9. The van der Waals surface area contributed by atoms with E-state index < -0.39 is 0 Å². The highest BCUT2D eigenvalue weighted by atomic mass is 35.5. The second kappa shape index (κ2) is 11.6. The Balaban J connectivity index is 0.00000289. The molecule has 2 aliphatic rings. The lowest BCUT2D eigenvalue weighted by Gasteiger charge is -2.40. The van der Waals surface area contributed by atoms with E-state index in [-0.39, 0.29) is 30.0 Å². The molecule has 172 valence electrons. The molecule has 5 heteroatoms. The summed E-state index contributed by atoms with van der Waals surface area (Å²) in [5.74, 6) is -0.0723. The van der Waals surface area contributed by atoms with Crippen LogP contribution < -0.4 is 0 Å². The molecule has 0 bridgehead atoms. The van der Waals surface area contributed by atoms with Crippen LogP contribution in [0.2, 0.25) is 0 Å². The quantitative estimate of drug-likeness (QED) is 0.454. The summed E-state index contributed by atoms with van der Waals surface area (Å²) in [6, 6.07) is 17.6. The van der Waals surface area contributed by atoms with E-state index in [4.69, 9.17) is 0 Å². The van der Waals surface area contributed by atoms with Gasteiger partial charge in [0.05, 0.1) is 5.92 Å². The zero-order valence-corrected chi connectivity index (χ0v) is 19.9. The van der Waals surface area contributed by atoms with Crippen LogP contribution in [0.5, 0.6) is 0 Å². The minimum absolute atomic E-state index is 0. The number of piperazine rings is 1. The molecule has 4 nitrogen and oxygen atoms in total. The monoisotopic (exact) mass is 454 g/mol. The topological polar surface area (TPSA) is 40.6 Å². The molecule has 1 saturated carbocycles. The van der Waals surface area contributed by atoms with Crippen molar-refractivity contribution >= 4 is 24.1 Å². The van der Waals surface area contributed by atoms with E-state index in [9.17, 15) is 9.59 Å². The molecule has 1 saturated heterocycles.